The molecule has 2 atom stereocenters. The molecule has 0 spiro atoms. The lowest BCUT2D eigenvalue weighted by Gasteiger charge is -2.15. The molecule has 0 unspecified atom stereocenters. The van der Waals surface area contributed by atoms with Crippen LogP contribution in [0.3, 0.4) is 0 Å². The molecule has 0 amide bonds. The first kappa shape index (κ1) is 18.1. The van der Waals surface area contributed by atoms with E-state index in [0.717, 1.165) is 28.8 Å². The van der Waals surface area contributed by atoms with Crippen LogP contribution < -0.4 is 5.56 Å². The SMILES string of the molecule is Cc1cnc(Cl)cc1-n1c(C)cc([C@H]2C[C@@H]2c2cncc(F)c2)c(Cl)c1=O. The zero-order valence-corrected chi connectivity index (χ0v) is 16.2. The molecule has 1 aliphatic rings. The largest absolute Gasteiger partial charge is 0.280 e. The molecule has 1 fully saturated rings. The summed E-state index contributed by atoms with van der Waals surface area (Å²) < 4.78 is 15.0. The molecule has 0 radical (unpaired) electrons. The quantitative estimate of drug-likeness (QED) is 0.580. The molecule has 1 aliphatic carbocycles. The van der Waals surface area contributed by atoms with Gasteiger partial charge in [-0.1, -0.05) is 23.2 Å². The van der Waals surface area contributed by atoms with E-state index in [4.69, 9.17) is 23.2 Å². The lowest BCUT2D eigenvalue weighted by molar-refractivity contribution is 0.618. The van der Waals surface area contributed by atoms with Crippen LogP contribution in [0.5, 0.6) is 0 Å². The Morgan fingerprint density at radius 3 is 2.63 bits per heavy atom. The minimum absolute atomic E-state index is 0.0873. The molecule has 1 saturated carbocycles. The van der Waals surface area contributed by atoms with Gasteiger partial charge in [0.25, 0.3) is 5.56 Å². The predicted octanol–water partition coefficient (Wildman–Crippen LogP) is 4.96. The van der Waals surface area contributed by atoms with Crippen molar-refractivity contribution in [2.45, 2.75) is 32.1 Å². The fourth-order valence-electron chi connectivity index (χ4n) is 3.57. The van der Waals surface area contributed by atoms with Gasteiger partial charge in [-0.2, -0.15) is 0 Å². The molecule has 0 saturated heterocycles. The van der Waals surface area contributed by atoms with E-state index in [2.05, 4.69) is 9.97 Å². The van der Waals surface area contributed by atoms with Gasteiger partial charge >= 0.3 is 0 Å². The van der Waals surface area contributed by atoms with E-state index in [9.17, 15) is 9.18 Å². The zero-order chi connectivity index (χ0) is 19.3. The Morgan fingerprint density at radius 2 is 1.89 bits per heavy atom. The van der Waals surface area contributed by atoms with E-state index >= 15 is 0 Å². The molecule has 3 aromatic rings. The second-order valence-corrected chi connectivity index (χ2v) is 7.64. The second kappa shape index (κ2) is 6.73. The van der Waals surface area contributed by atoms with Crippen molar-refractivity contribution in [2.75, 3.05) is 0 Å². The number of rotatable bonds is 3. The van der Waals surface area contributed by atoms with E-state index < -0.39 is 0 Å². The van der Waals surface area contributed by atoms with Crippen LogP contribution in [0, 0.1) is 19.7 Å². The topological polar surface area (TPSA) is 47.8 Å². The van der Waals surface area contributed by atoms with E-state index in [1.54, 1.807) is 23.0 Å². The third kappa shape index (κ3) is 3.26. The van der Waals surface area contributed by atoms with Crippen molar-refractivity contribution in [1.29, 1.82) is 0 Å². The Kier molecular flexibility index (Phi) is 4.52. The lowest BCUT2D eigenvalue weighted by atomic mass is 10.1. The van der Waals surface area contributed by atoms with Gasteiger partial charge in [-0.25, -0.2) is 9.37 Å². The molecule has 138 valence electrons. The van der Waals surface area contributed by atoms with E-state index in [1.807, 2.05) is 19.9 Å². The zero-order valence-electron chi connectivity index (χ0n) is 14.7. The second-order valence-electron chi connectivity index (χ2n) is 6.87. The van der Waals surface area contributed by atoms with Crippen LogP contribution in [0.1, 0.15) is 40.6 Å². The van der Waals surface area contributed by atoms with Gasteiger partial charge in [0.2, 0.25) is 0 Å². The molecule has 27 heavy (non-hydrogen) atoms. The normalized spacial score (nSPS) is 18.6. The van der Waals surface area contributed by atoms with Crippen molar-refractivity contribution in [1.82, 2.24) is 14.5 Å². The highest BCUT2D eigenvalue weighted by Crippen LogP contribution is 2.55. The molecule has 4 nitrogen and oxygen atoms in total. The number of pyridine rings is 3. The lowest BCUT2D eigenvalue weighted by Crippen LogP contribution is -2.23. The smallest absolute Gasteiger partial charge is 0.274 e. The maximum Gasteiger partial charge on any atom is 0.274 e. The number of halogens is 3. The molecule has 3 heterocycles. The summed E-state index contributed by atoms with van der Waals surface area (Å²) in [6.07, 6.45) is 5.28. The fourth-order valence-corrected chi connectivity index (χ4v) is 4.00. The highest BCUT2D eigenvalue weighted by Gasteiger charge is 2.42. The summed E-state index contributed by atoms with van der Waals surface area (Å²) in [6.45, 7) is 3.72. The van der Waals surface area contributed by atoms with Crippen LogP contribution in [-0.4, -0.2) is 14.5 Å². The Hall–Kier alpha value is -2.24. The Bertz CT molecular complexity index is 1110. The van der Waals surface area contributed by atoms with Crippen LogP contribution in [0.15, 0.2) is 41.6 Å². The van der Waals surface area contributed by atoms with Crippen LogP contribution in [-0.2, 0) is 0 Å². The standard InChI is InChI=1S/C20H16Cl2FN3O/c1-10-7-25-18(21)6-17(10)26-11(2)3-16(19(22)20(26)27)15-5-14(15)12-4-13(23)9-24-8-12/h3-4,6-9,14-15H,5H2,1-2H3/t14-,15+/m1/s1. The van der Waals surface area contributed by atoms with Gasteiger partial charge in [0, 0.05) is 18.1 Å². The summed E-state index contributed by atoms with van der Waals surface area (Å²) >= 11 is 12.5. The number of aryl methyl sites for hydroxylation is 2. The number of nitrogens with zero attached hydrogens (tertiary/aromatic N) is 3. The number of aromatic nitrogens is 3. The van der Waals surface area contributed by atoms with Gasteiger partial charge in [-0.15, -0.1) is 0 Å². The van der Waals surface area contributed by atoms with E-state index in [0.29, 0.717) is 10.8 Å². The van der Waals surface area contributed by atoms with Gasteiger partial charge in [0.05, 0.1) is 11.9 Å². The van der Waals surface area contributed by atoms with Crippen LogP contribution in [0.25, 0.3) is 5.69 Å². The van der Waals surface area contributed by atoms with Crippen LogP contribution in [0.2, 0.25) is 10.2 Å². The van der Waals surface area contributed by atoms with Gasteiger partial charge in [0.1, 0.15) is 16.0 Å². The fraction of sp³-hybridized carbons (Fsp3) is 0.250. The maximum absolute atomic E-state index is 13.4. The molecular weight excluding hydrogens is 388 g/mol. The molecule has 0 N–H and O–H groups in total. The summed E-state index contributed by atoms with van der Waals surface area (Å²) in [5, 5.41) is 0.493. The minimum atomic E-state index is -0.360. The number of hydrogen-bond donors (Lipinski definition) is 0. The highest BCUT2D eigenvalue weighted by atomic mass is 35.5. The molecule has 0 aliphatic heterocycles. The van der Waals surface area contributed by atoms with Crippen molar-refractivity contribution in [3.05, 3.63) is 85.5 Å². The van der Waals surface area contributed by atoms with Gasteiger partial charge in [-0.05, 0) is 67.0 Å². The minimum Gasteiger partial charge on any atom is -0.280 e. The monoisotopic (exact) mass is 403 g/mol. The first-order valence-corrected chi connectivity index (χ1v) is 9.27. The average molecular weight is 404 g/mol. The Balaban J connectivity index is 1.76. The maximum atomic E-state index is 13.4. The first-order chi connectivity index (χ1) is 12.9. The summed E-state index contributed by atoms with van der Waals surface area (Å²) in [6, 6.07) is 5.07. The third-order valence-corrected chi connectivity index (χ3v) is 5.57. The summed E-state index contributed by atoms with van der Waals surface area (Å²) in [4.78, 5) is 20.9. The van der Waals surface area contributed by atoms with E-state index in [1.165, 1.54) is 12.3 Å². The Morgan fingerprint density at radius 1 is 1.11 bits per heavy atom. The first-order valence-electron chi connectivity index (χ1n) is 8.52. The summed E-state index contributed by atoms with van der Waals surface area (Å²) in [7, 11) is 0. The third-order valence-electron chi connectivity index (χ3n) is 4.99. The van der Waals surface area contributed by atoms with Crippen LogP contribution >= 0.6 is 23.2 Å². The molecule has 4 rings (SSSR count). The van der Waals surface area contributed by atoms with Crippen molar-refractivity contribution in [2.24, 2.45) is 0 Å². The summed E-state index contributed by atoms with van der Waals surface area (Å²) in [5.41, 5.74) is 3.57. The van der Waals surface area contributed by atoms with Crippen LogP contribution in [0.4, 0.5) is 4.39 Å². The van der Waals surface area contributed by atoms with Crippen molar-refractivity contribution >= 4 is 23.2 Å². The molecule has 0 bridgehead atoms. The average Bonchev–Trinajstić information content (AvgIpc) is 3.42. The van der Waals surface area contributed by atoms with Gasteiger partial charge in [-0.3, -0.25) is 14.3 Å². The predicted molar refractivity (Wildman–Crippen MR) is 104 cm³/mol. The summed E-state index contributed by atoms with van der Waals surface area (Å²) in [5.74, 6) is -0.150. The number of hydrogen-bond acceptors (Lipinski definition) is 3. The van der Waals surface area contributed by atoms with Gasteiger partial charge in [0.15, 0.2) is 0 Å². The Labute approximate surface area is 165 Å². The molecule has 0 aromatic carbocycles. The molecule has 3 aromatic heterocycles. The van der Waals surface area contributed by atoms with Crippen molar-refractivity contribution in [3.63, 3.8) is 0 Å². The molecular formula is C20H16Cl2FN3O. The highest BCUT2D eigenvalue weighted by molar-refractivity contribution is 6.31. The van der Waals surface area contributed by atoms with Crippen molar-refractivity contribution < 1.29 is 4.39 Å². The van der Waals surface area contributed by atoms with E-state index in [-0.39, 0.29) is 28.2 Å². The molecule has 7 heteroatoms. The van der Waals surface area contributed by atoms with Crippen molar-refractivity contribution in [3.8, 4) is 5.69 Å². The van der Waals surface area contributed by atoms with Gasteiger partial charge < -0.3 is 0 Å².